The lowest BCUT2D eigenvalue weighted by Gasteiger charge is -2.24. The smallest absolute Gasteiger partial charge is 0.342 e. The summed E-state index contributed by atoms with van der Waals surface area (Å²) in [5.74, 6) is -1.58. The number of hydrogen-bond donors (Lipinski definition) is 4. The van der Waals surface area contributed by atoms with Crippen LogP contribution in [0.2, 0.25) is 5.15 Å². The fraction of sp³-hybridized carbons (Fsp3) is 0.515. The first-order chi connectivity index (χ1) is 23.9. The number of hydrogen-bond acceptors (Lipinski definition) is 13. The molecule has 2 fully saturated rings. The van der Waals surface area contributed by atoms with Crippen LogP contribution in [0.5, 0.6) is 5.75 Å². The van der Waals surface area contributed by atoms with Crippen molar-refractivity contribution >= 4 is 47.8 Å². The number of aromatic nitrogens is 2. The first kappa shape index (κ1) is 37.5. The number of nitrogens with one attached hydrogen (secondary N) is 2. The highest BCUT2D eigenvalue weighted by Gasteiger charge is 2.45. The summed E-state index contributed by atoms with van der Waals surface area (Å²) < 4.78 is 42.9. The monoisotopic (exact) mass is 733 g/mol. The van der Waals surface area contributed by atoms with Crippen LogP contribution in [0.15, 0.2) is 42.6 Å². The summed E-state index contributed by atoms with van der Waals surface area (Å²) in [4.78, 5) is 28.7. The minimum absolute atomic E-state index is 0.00952. The average molecular weight is 734 g/mol. The van der Waals surface area contributed by atoms with Crippen molar-refractivity contribution in [3.8, 4) is 11.8 Å². The Morgan fingerprint density at radius 3 is 2.50 bits per heavy atom. The normalized spacial score (nSPS) is 22.6. The molecule has 6 atom stereocenters. The van der Waals surface area contributed by atoms with Gasteiger partial charge in [-0.2, -0.15) is 5.26 Å². The van der Waals surface area contributed by atoms with Gasteiger partial charge in [0.05, 0.1) is 18.2 Å². The zero-order valence-corrected chi connectivity index (χ0v) is 29.5. The first-order valence-electron chi connectivity index (χ1n) is 16.3. The van der Waals surface area contributed by atoms with Crippen LogP contribution in [-0.2, 0) is 33.1 Å². The van der Waals surface area contributed by atoms with E-state index in [2.05, 4.69) is 21.5 Å². The quantitative estimate of drug-likeness (QED) is 0.0738. The third kappa shape index (κ3) is 8.76. The summed E-state index contributed by atoms with van der Waals surface area (Å²) in [5.41, 5.74) is 1.12. The van der Waals surface area contributed by atoms with E-state index in [1.807, 2.05) is 0 Å². The molecular weight excluding hydrogens is 693 g/mol. The number of carbonyl (C=O) groups excluding carboxylic acids is 2. The van der Waals surface area contributed by atoms with Gasteiger partial charge in [-0.3, -0.25) is 14.2 Å². The summed E-state index contributed by atoms with van der Waals surface area (Å²) in [6, 6.07) is 11.1. The van der Waals surface area contributed by atoms with Crippen LogP contribution in [0, 0.1) is 17.2 Å². The predicted octanol–water partition coefficient (Wildman–Crippen LogP) is 4.46. The molecule has 2 aromatic heterocycles. The van der Waals surface area contributed by atoms with E-state index in [-0.39, 0.29) is 29.1 Å². The topological polar surface area (TPSA) is 203 Å². The van der Waals surface area contributed by atoms with E-state index in [0.717, 1.165) is 25.7 Å². The minimum atomic E-state index is -3.98. The number of benzene rings is 1. The van der Waals surface area contributed by atoms with E-state index < -0.39 is 69.1 Å². The van der Waals surface area contributed by atoms with Gasteiger partial charge in [-0.25, -0.2) is 10.1 Å². The molecule has 3 aromatic rings. The summed E-state index contributed by atoms with van der Waals surface area (Å²) in [5, 5.41) is 38.5. The maximum absolute atomic E-state index is 14.0. The van der Waals surface area contributed by atoms with Crippen molar-refractivity contribution in [1.29, 1.82) is 5.26 Å². The summed E-state index contributed by atoms with van der Waals surface area (Å²) in [6.45, 7) is 3.74. The minimum Gasteiger partial charge on any atom is -0.431 e. The average Bonchev–Trinajstić information content (AvgIpc) is 3.81. The van der Waals surface area contributed by atoms with Gasteiger partial charge in [0.1, 0.15) is 53.7 Å². The molecule has 50 heavy (non-hydrogen) atoms. The first-order valence-corrected chi connectivity index (χ1v) is 18.5. The second-order valence-corrected chi connectivity index (χ2v) is 14.9. The van der Waals surface area contributed by atoms with Crippen LogP contribution in [0.1, 0.15) is 58.2 Å². The molecule has 15 nitrogen and oxygen atoms in total. The predicted molar refractivity (Wildman–Crippen MR) is 181 cm³/mol. The fourth-order valence-corrected chi connectivity index (χ4v) is 7.68. The zero-order valence-electron chi connectivity index (χ0n) is 27.9. The lowest BCUT2D eigenvalue weighted by molar-refractivity contribution is -0.170. The Morgan fingerprint density at radius 1 is 1.12 bits per heavy atom. The van der Waals surface area contributed by atoms with E-state index in [4.69, 9.17) is 35.1 Å². The Kier molecular flexibility index (Phi) is 12.4. The number of rotatable bonds is 15. The van der Waals surface area contributed by atoms with Crippen molar-refractivity contribution in [3.63, 3.8) is 0 Å². The molecule has 1 aliphatic carbocycles. The number of fused-ring (bicyclic) bond motifs is 1. The highest BCUT2D eigenvalue weighted by atomic mass is 35.5. The van der Waals surface area contributed by atoms with Gasteiger partial charge in [0.25, 0.3) is 0 Å². The second kappa shape index (κ2) is 16.5. The number of aliphatic hydroxyl groups is 2. The summed E-state index contributed by atoms with van der Waals surface area (Å²) >= 11 is 6.44. The lowest BCUT2D eigenvalue weighted by Crippen LogP contribution is -2.37. The summed E-state index contributed by atoms with van der Waals surface area (Å²) in [7, 11) is -3.98. The molecule has 1 saturated carbocycles. The van der Waals surface area contributed by atoms with Crippen molar-refractivity contribution in [1.82, 2.24) is 14.6 Å². The summed E-state index contributed by atoms with van der Waals surface area (Å²) in [6.07, 6.45) is 0.167. The third-order valence-corrected chi connectivity index (χ3v) is 10.5. The van der Waals surface area contributed by atoms with Gasteiger partial charge in [0.15, 0.2) is 11.4 Å². The highest BCUT2D eigenvalue weighted by Crippen LogP contribution is 2.44. The molecule has 1 aromatic carbocycles. The van der Waals surface area contributed by atoms with Crippen LogP contribution in [0.3, 0.4) is 0 Å². The molecule has 0 bridgehead atoms. The van der Waals surface area contributed by atoms with Gasteiger partial charge in [-0.1, -0.05) is 56.5 Å². The van der Waals surface area contributed by atoms with E-state index in [1.165, 1.54) is 11.5 Å². The van der Waals surface area contributed by atoms with Crippen LogP contribution in [0.25, 0.3) is 11.0 Å². The number of aliphatic hydroxyl groups excluding tert-OH is 2. The number of esters is 2. The maximum atomic E-state index is 14.0. The maximum Gasteiger partial charge on any atom is 0.342 e. The van der Waals surface area contributed by atoms with Gasteiger partial charge in [-0.05, 0) is 38.0 Å². The number of carbonyl (C=O) groups is 2. The molecule has 1 aliphatic heterocycles. The number of halogens is 1. The van der Waals surface area contributed by atoms with Crippen molar-refractivity contribution in [2.24, 2.45) is 5.92 Å². The van der Waals surface area contributed by atoms with E-state index >= 15 is 0 Å². The Morgan fingerprint density at radius 2 is 1.82 bits per heavy atom. The van der Waals surface area contributed by atoms with Crippen molar-refractivity contribution in [3.05, 3.63) is 53.3 Å². The largest absolute Gasteiger partial charge is 0.431 e. The molecule has 0 spiro atoms. The number of nitriles is 1. The standard InChI is InChI=1S/C33H41ClN5O10P/c1-19(2)32(42)46-17-47-33(43)20(3)38-50(44,49-22-11-5-4-6-12-22)18-45-16-25-27(40)28(41)31(48-25)39-14-13-23-26(36-21-9-7-8-10-21)24(15-35)29(34)37-30(23)39/h4-6,11-14,19-21,25,27-28,31,40-41H,7-10,16-18H2,1-3H3,(H,36,37)(H,38,44)/t20-,25+,27+,28+,31-,50+/m0/s1. The van der Waals surface area contributed by atoms with Crippen LogP contribution in [-0.4, -0.2) is 81.8 Å². The molecule has 3 heterocycles. The van der Waals surface area contributed by atoms with Crippen molar-refractivity contribution in [2.45, 2.75) is 83.1 Å². The molecule has 2 aliphatic rings. The van der Waals surface area contributed by atoms with Gasteiger partial charge in [-0.15, -0.1) is 0 Å². The second-order valence-electron chi connectivity index (χ2n) is 12.5. The molecule has 17 heteroatoms. The fourth-order valence-electron chi connectivity index (χ4n) is 5.78. The Hall–Kier alpha value is -3.74. The lowest BCUT2D eigenvalue weighted by atomic mass is 10.1. The Labute approximate surface area is 294 Å². The van der Waals surface area contributed by atoms with Gasteiger partial charge < -0.3 is 43.6 Å². The van der Waals surface area contributed by atoms with Crippen LogP contribution in [0.4, 0.5) is 5.69 Å². The van der Waals surface area contributed by atoms with Gasteiger partial charge >= 0.3 is 19.5 Å². The molecule has 1 saturated heterocycles. The van der Waals surface area contributed by atoms with E-state index in [0.29, 0.717) is 16.7 Å². The van der Waals surface area contributed by atoms with Crippen LogP contribution < -0.4 is 14.9 Å². The zero-order chi connectivity index (χ0) is 36.0. The number of anilines is 1. The Balaban J connectivity index is 1.26. The van der Waals surface area contributed by atoms with Crippen LogP contribution >= 0.6 is 19.1 Å². The number of nitrogens with zero attached hydrogens (tertiary/aromatic N) is 3. The molecule has 5 rings (SSSR count). The Bertz CT molecular complexity index is 1750. The molecule has 4 N–H and O–H groups in total. The third-order valence-electron chi connectivity index (χ3n) is 8.40. The van der Waals surface area contributed by atoms with Gasteiger partial charge in [0, 0.05) is 17.6 Å². The number of ether oxygens (including phenoxy) is 4. The van der Waals surface area contributed by atoms with Crippen molar-refractivity contribution in [2.75, 3.05) is 25.1 Å². The number of pyridine rings is 1. The molecule has 0 amide bonds. The molecule has 270 valence electrons. The molecule has 0 unspecified atom stereocenters. The highest BCUT2D eigenvalue weighted by molar-refractivity contribution is 7.57. The van der Waals surface area contributed by atoms with Gasteiger partial charge in [0.2, 0.25) is 6.79 Å². The van der Waals surface area contributed by atoms with Crippen molar-refractivity contribution < 1.29 is 47.8 Å². The van der Waals surface area contributed by atoms with E-state index in [1.54, 1.807) is 56.4 Å². The van der Waals surface area contributed by atoms with E-state index in [9.17, 15) is 29.6 Å². The molecule has 0 radical (unpaired) electrons. The SMILES string of the molecule is CC(C)C(=O)OCOC(=O)[C@H](C)N[P@@](=O)(COC[C@H]1O[C@H](n2ccc3c(NC4CCCC4)c(C#N)c(Cl)nc32)[C@H](O)[C@@H]1O)Oc1ccccc1. The number of para-hydroxylation sites is 1. The molecular formula is C33H41ClN5O10P.